The van der Waals surface area contributed by atoms with Crippen LogP contribution >= 0.6 is 0 Å². The molecule has 0 fully saturated rings. The topological polar surface area (TPSA) is 12.0 Å². The summed E-state index contributed by atoms with van der Waals surface area (Å²) in [5.74, 6) is 6.56. The fourth-order valence-electron chi connectivity index (χ4n) is 0.549. The van der Waals surface area contributed by atoms with Crippen LogP contribution in [0.4, 0.5) is 0 Å². The van der Waals surface area contributed by atoms with Gasteiger partial charge in [0, 0.05) is 11.6 Å². The van der Waals surface area contributed by atoms with Crippen molar-refractivity contribution >= 4 is 0 Å². The predicted molar refractivity (Wildman–Crippen MR) is 50.0 cm³/mol. The van der Waals surface area contributed by atoms with Crippen molar-refractivity contribution in [2.24, 2.45) is 5.92 Å². The number of rotatable bonds is 3. The lowest BCUT2D eigenvalue weighted by atomic mass is 10.2. The monoisotopic (exact) mass is 151 g/mol. The average Bonchev–Trinajstić information content (AvgIpc) is 1.97. The summed E-state index contributed by atoms with van der Waals surface area (Å²) in [6, 6.07) is 0. The van der Waals surface area contributed by atoms with E-state index in [2.05, 4.69) is 44.5 Å². The van der Waals surface area contributed by atoms with E-state index >= 15 is 0 Å². The van der Waals surface area contributed by atoms with E-state index in [9.17, 15) is 0 Å². The van der Waals surface area contributed by atoms with Gasteiger partial charge in [0.25, 0.3) is 0 Å². The first kappa shape index (κ1) is 10.1. The molecule has 0 unspecified atom stereocenters. The van der Waals surface area contributed by atoms with E-state index in [0.29, 0.717) is 5.92 Å². The molecule has 0 bridgehead atoms. The van der Waals surface area contributed by atoms with Crippen molar-refractivity contribution < 1.29 is 0 Å². The molecule has 0 saturated heterocycles. The molecule has 0 aliphatic heterocycles. The molecule has 1 heteroatoms. The third-order valence-electron chi connectivity index (χ3n) is 1.24. The Morgan fingerprint density at radius 3 is 2.64 bits per heavy atom. The van der Waals surface area contributed by atoms with Gasteiger partial charge in [-0.05, 0) is 6.42 Å². The fourth-order valence-corrected chi connectivity index (χ4v) is 0.549. The molecule has 11 heavy (non-hydrogen) atoms. The Kier molecular flexibility index (Phi) is 5.37. The van der Waals surface area contributed by atoms with Crippen LogP contribution in [0.3, 0.4) is 0 Å². The summed E-state index contributed by atoms with van der Waals surface area (Å²) in [4.78, 5) is 0. The molecule has 1 nitrogen and oxygen atoms in total. The molecule has 0 aliphatic carbocycles. The molecule has 0 atom stereocenters. The standard InChI is InChI=1S/C10H17N/c1-5-10(4)11-8-6-7-9(2)3/h9,11H,4-5,8H2,1-3H3. The summed E-state index contributed by atoms with van der Waals surface area (Å²) < 4.78 is 0. The van der Waals surface area contributed by atoms with Crippen LogP contribution in [0.25, 0.3) is 0 Å². The molecule has 0 aromatic carbocycles. The van der Waals surface area contributed by atoms with Crippen molar-refractivity contribution in [2.75, 3.05) is 6.54 Å². The van der Waals surface area contributed by atoms with E-state index in [1.165, 1.54) is 0 Å². The van der Waals surface area contributed by atoms with Gasteiger partial charge in [-0.25, -0.2) is 0 Å². The fraction of sp³-hybridized carbons (Fsp3) is 0.600. The van der Waals surface area contributed by atoms with Crippen LogP contribution in [-0.2, 0) is 0 Å². The maximum absolute atomic E-state index is 3.81. The number of hydrogen-bond acceptors (Lipinski definition) is 1. The smallest absolute Gasteiger partial charge is 0.0763 e. The summed E-state index contributed by atoms with van der Waals surface area (Å²) in [5.41, 5.74) is 1.06. The summed E-state index contributed by atoms with van der Waals surface area (Å²) in [7, 11) is 0. The van der Waals surface area contributed by atoms with Crippen LogP contribution in [0.1, 0.15) is 27.2 Å². The van der Waals surface area contributed by atoms with E-state index < -0.39 is 0 Å². The van der Waals surface area contributed by atoms with Crippen LogP contribution in [0.2, 0.25) is 0 Å². The summed E-state index contributed by atoms with van der Waals surface area (Å²) >= 11 is 0. The van der Waals surface area contributed by atoms with Gasteiger partial charge in [-0.2, -0.15) is 0 Å². The predicted octanol–water partition coefficient (Wildman–Crippen LogP) is 2.16. The SMILES string of the molecule is C=C(CC)NCC#CC(C)C. The van der Waals surface area contributed by atoms with E-state index in [1.807, 2.05) is 0 Å². The number of allylic oxidation sites excluding steroid dienone is 1. The number of hydrogen-bond donors (Lipinski definition) is 1. The Balaban J connectivity index is 3.43. The van der Waals surface area contributed by atoms with Gasteiger partial charge in [-0.3, -0.25) is 0 Å². The van der Waals surface area contributed by atoms with Crippen molar-refractivity contribution in [3.8, 4) is 11.8 Å². The highest BCUT2D eigenvalue weighted by atomic mass is 14.9. The Morgan fingerprint density at radius 1 is 1.55 bits per heavy atom. The Bertz CT molecular complexity index is 169. The van der Waals surface area contributed by atoms with Gasteiger partial charge in [0.15, 0.2) is 0 Å². The van der Waals surface area contributed by atoms with Crippen LogP contribution in [0.5, 0.6) is 0 Å². The van der Waals surface area contributed by atoms with Crippen molar-refractivity contribution in [3.05, 3.63) is 12.3 Å². The molecule has 0 radical (unpaired) electrons. The van der Waals surface area contributed by atoms with Crippen LogP contribution in [-0.4, -0.2) is 6.54 Å². The van der Waals surface area contributed by atoms with Crippen molar-refractivity contribution in [1.29, 1.82) is 0 Å². The zero-order valence-electron chi connectivity index (χ0n) is 7.70. The first-order valence-electron chi connectivity index (χ1n) is 4.06. The molecule has 0 rings (SSSR count). The molecule has 1 N–H and O–H groups in total. The lowest BCUT2D eigenvalue weighted by Gasteiger charge is -2.00. The van der Waals surface area contributed by atoms with Crippen LogP contribution in [0.15, 0.2) is 12.3 Å². The lowest BCUT2D eigenvalue weighted by molar-refractivity contribution is 0.844. The maximum atomic E-state index is 3.81. The van der Waals surface area contributed by atoms with Crippen molar-refractivity contribution in [1.82, 2.24) is 5.32 Å². The first-order chi connectivity index (χ1) is 5.16. The quantitative estimate of drug-likeness (QED) is 0.609. The zero-order chi connectivity index (χ0) is 8.69. The van der Waals surface area contributed by atoms with Crippen LogP contribution in [0, 0.1) is 17.8 Å². The van der Waals surface area contributed by atoms with Gasteiger partial charge in [0.05, 0.1) is 6.54 Å². The van der Waals surface area contributed by atoms with Gasteiger partial charge < -0.3 is 5.32 Å². The molecular weight excluding hydrogens is 134 g/mol. The molecular formula is C10H17N. The highest BCUT2D eigenvalue weighted by Gasteiger charge is 1.84. The van der Waals surface area contributed by atoms with Crippen LogP contribution < -0.4 is 5.32 Å². The molecule has 0 spiro atoms. The first-order valence-corrected chi connectivity index (χ1v) is 4.06. The Hall–Kier alpha value is -0.900. The third kappa shape index (κ3) is 6.99. The Labute approximate surface area is 69.9 Å². The normalized spacial score (nSPS) is 8.73. The average molecular weight is 151 g/mol. The lowest BCUT2D eigenvalue weighted by Crippen LogP contribution is -2.11. The molecule has 0 aliphatic rings. The molecule has 0 aromatic rings. The summed E-state index contributed by atoms with van der Waals surface area (Å²) in [6.45, 7) is 10.8. The zero-order valence-corrected chi connectivity index (χ0v) is 7.70. The third-order valence-corrected chi connectivity index (χ3v) is 1.24. The minimum Gasteiger partial charge on any atom is -0.378 e. The van der Waals surface area contributed by atoms with Gasteiger partial charge in [-0.1, -0.05) is 39.2 Å². The van der Waals surface area contributed by atoms with E-state index in [0.717, 1.165) is 18.7 Å². The largest absolute Gasteiger partial charge is 0.378 e. The van der Waals surface area contributed by atoms with E-state index in [-0.39, 0.29) is 0 Å². The van der Waals surface area contributed by atoms with Gasteiger partial charge >= 0.3 is 0 Å². The van der Waals surface area contributed by atoms with Crippen molar-refractivity contribution in [2.45, 2.75) is 27.2 Å². The molecule has 0 saturated carbocycles. The second-order valence-electron chi connectivity index (χ2n) is 2.79. The summed E-state index contributed by atoms with van der Waals surface area (Å²) in [6.07, 6.45) is 0.976. The second kappa shape index (κ2) is 5.85. The summed E-state index contributed by atoms with van der Waals surface area (Å²) in [5, 5.41) is 3.12. The van der Waals surface area contributed by atoms with Crippen molar-refractivity contribution in [3.63, 3.8) is 0 Å². The highest BCUT2D eigenvalue weighted by molar-refractivity contribution is 5.05. The molecule has 0 heterocycles. The van der Waals surface area contributed by atoms with Gasteiger partial charge in [-0.15, -0.1) is 0 Å². The maximum Gasteiger partial charge on any atom is 0.0763 e. The molecule has 62 valence electrons. The Morgan fingerprint density at radius 2 is 2.18 bits per heavy atom. The number of nitrogens with one attached hydrogen (secondary N) is 1. The van der Waals surface area contributed by atoms with E-state index in [1.54, 1.807) is 0 Å². The minimum atomic E-state index is 0.465. The molecule has 0 aromatic heterocycles. The van der Waals surface area contributed by atoms with Gasteiger partial charge in [0.2, 0.25) is 0 Å². The highest BCUT2D eigenvalue weighted by Crippen LogP contribution is 1.88. The molecule has 0 amide bonds. The van der Waals surface area contributed by atoms with E-state index in [4.69, 9.17) is 0 Å². The van der Waals surface area contributed by atoms with Gasteiger partial charge in [0.1, 0.15) is 0 Å². The second-order valence-corrected chi connectivity index (χ2v) is 2.79. The minimum absolute atomic E-state index is 0.465.